The summed E-state index contributed by atoms with van der Waals surface area (Å²) < 4.78 is 5.03. The molecular formula is C20H30N4O4S. The predicted molar refractivity (Wildman–Crippen MR) is 116 cm³/mol. The molecule has 29 heavy (non-hydrogen) atoms. The first-order chi connectivity index (χ1) is 13.9. The molecular weight excluding hydrogens is 392 g/mol. The van der Waals surface area contributed by atoms with Crippen LogP contribution in [-0.2, 0) is 14.3 Å². The van der Waals surface area contributed by atoms with Gasteiger partial charge < -0.3 is 26.0 Å². The number of piperidine rings is 1. The number of rotatable bonds is 9. The zero-order chi connectivity index (χ0) is 21.2. The lowest BCUT2D eigenvalue weighted by Gasteiger charge is -2.32. The number of nitrogens with one attached hydrogen (secondary N) is 2. The molecule has 0 bridgehead atoms. The average molecular weight is 423 g/mol. The van der Waals surface area contributed by atoms with Gasteiger partial charge in [-0.2, -0.15) is 11.8 Å². The second-order valence-electron chi connectivity index (χ2n) is 7.21. The highest BCUT2D eigenvalue weighted by molar-refractivity contribution is 7.98. The lowest BCUT2D eigenvalue weighted by atomic mass is 9.99. The highest BCUT2D eigenvalue weighted by atomic mass is 32.2. The molecule has 9 heteroatoms. The quantitative estimate of drug-likeness (QED) is 0.526. The maximum Gasteiger partial charge on any atom is 0.329 e. The van der Waals surface area contributed by atoms with Gasteiger partial charge in [0.15, 0.2) is 6.61 Å². The lowest BCUT2D eigenvalue weighted by molar-refractivity contribution is -0.149. The zero-order valence-corrected chi connectivity index (χ0v) is 17.8. The lowest BCUT2D eigenvalue weighted by Crippen LogP contribution is -2.45. The smallest absolute Gasteiger partial charge is 0.329 e. The van der Waals surface area contributed by atoms with E-state index < -0.39 is 30.6 Å². The molecule has 1 atom stereocenters. The Bertz CT molecular complexity index is 690. The standard InChI is InChI=1S/C20H30N4O4S/c1-14-7-10-24(11-8-14)16-5-3-15(4-6-16)22-18(25)13-28-19(26)17(9-12-29-2)23-20(21)27/h3-6,14,17H,7-13H2,1-2H3,(H,22,25)(H3,21,23,27)/t17-/m0/s1. The number of benzene rings is 1. The average Bonchev–Trinajstić information content (AvgIpc) is 2.70. The number of amides is 3. The van der Waals surface area contributed by atoms with Gasteiger partial charge in [-0.15, -0.1) is 0 Å². The third-order valence-electron chi connectivity index (χ3n) is 4.86. The molecule has 1 aromatic rings. The van der Waals surface area contributed by atoms with E-state index in [2.05, 4.69) is 22.5 Å². The third kappa shape index (κ3) is 7.84. The van der Waals surface area contributed by atoms with Crippen molar-refractivity contribution in [3.05, 3.63) is 24.3 Å². The second-order valence-corrected chi connectivity index (χ2v) is 8.20. The minimum atomic E-state index is -0.862. The Morgan fingerprint density at radius 1 is 1.24 bits per heavy atom. The largest absolute Gasteiger partial charge is 0.454 e. The van der Waals surface area contributed by atoms with Crippen molar-refractivity contribution >= 4 is 41.0 Å². The van der Waals surface area contributed by atoms with Crippen LogP contribution in [0.2, 0.25) is 0 Å². The van der Waals surface area contributed by atoms with E-state index >= 15 is 0 Å². The third-order valence-corrected chi connectivity index (χ3v) is 5.50. The number of nitrogens with zero attached hydrogens (tertiary/aromatic N) is 1. The summed E-state index contributed by atoms with van der Waals surface area (Å²) in [6.45, 7) is 3.93. The Hall–Kier alpha value is -2.42. The summed E-state index contributed by atoms with van der Waals surface area (Å²) in [6, 6.07) is 5.96. The fourth-order valence-corrected chi connectivity index (χ4v) is 3.58. The molecule has 1 saturated heterocycles. The SMILES string of the molecule is CSCC[C@H](NC(N)=O)C(=O)OCC(=O)Nc1ccc(N2CCC(C)CC2)cc1. The molecule has 1 aliphatic heterocycles. The van der Waals surface area contributed by atoms with Crippen LogP contribution in [0.5, 0.6) is 0 Å². The minimum absolute atomic E-state index is 0.376. The molecule has 1 aromatic carbocycles. The highest BCUT2D eigenvalue weighted by Gasteiger charge is 2.22. The Kier molecular flexibility index (Phi) is 9.11. The number of anilines is 2. The molecule has 1 aliphatic rings. The minimum Gasteiger partial charge on any atom is -0.454 e. The van der Waals surface area contributed by atoms with E-state index in [-0.39, 0.29) is 0 Å². The van der Waals surface area contributed by atoms with Crippen molar-refractivity contribution < 1.29 is 19.1 Å². The van der Waals surface area contributed by atoms with Crippen LogP contribution in [0.25, 0.3) is 0 Å². The van der Waals surface area contributed by atoms with Crippen molar-refractivity contribution in [1.82, 2.24) is 5.32 Å². The summed E-state index contributed by atoms with van der Waals surface area (Å²) in [7, 11) is 0. The molecule has 8 nitrogen and oxygen atoms in total. The molecule has 2 rings (SSSR count). The van der Waals surface area contributed by atoms with Crippen LogP contribution in [0.3, 0.4) is 0 Å². The van der Waals surface area contributed by atoms with Gasteiger partial charge in [0.2, 0.25) is 0 Å². The maximum atomic E-state index is 12.1. The van der Waals surface area contributed by atoms with Crippen molar-refractivity contribution in [3.63, 3.8) is 0 Å². The van der Waals surface area contributed by atoms with Crippen molar-refractivity contribution in [1.29, 1.82) is 0 Å². The van der Waals surface area contributed by atoms with E-state index in [1.54, 1.807) is 0 Å². The molecule has 0 saturated carbocycles. The number of carbonyl (C=O) groups is 3. The first kappa shape index (κ1) is 22.9. The van der Waals surface area contributed by atoms with Crippen LogP contribution in [0.4, 0.5) is 16.2 Å². The molecule has 3 amide bonds. The van der Waals surface area contributed by atoms with Gasteiger partial charge in [-0.3, -0.25) is 4.79 Å². The van der Waals surface area contributed by atoms with Gasteiger partial charge in [0.25, 0.3) is 5.91 Å². The predicted octanol–water partition coefficient (Wildman–Crippen LogP) is 2.19. The number of urea groups is 1. The number of primary amides is 1. The fraction of sp³-hybridized carbons (Fsp3) is 0.550. The van der Waals surface area contributed by atoms with Crippen molar-refractivity contribution in [2.24, 2.45) is 11.7 Å². The molecule has 0 radical (unpaired) electrons. The Balaban J connectivity index is 1.80. The Labute approximate surface area is 175 Å². The van der Waals surface area contributed by atoms with Gasteiger partial charge in [0, 0.05) is 24.5 Å². The first-order valence-electron chi connectivity index (χ1n) is 9.75. The normalized spacial score (nSPS) is 15.4. The number of thioether (sulfide) groups is 1. The first-order valence-corrected chi connectivity index (χ1v) is 11.1. The molecule has 160 valence electrons. The van der Waals surface area contributed by atoms with Gasteiger partial charge in [0.05, 0.1) is 0 Å². The Morgan fingerprint density at radius 2 is 1.90 bits per heavy atom. The summed E-state index contributed by atoms with van der Waals surface area (Å²) in [5.41, 5.74) is 6.85. The number of ether oxygens (including phenoxy) is 1. The monoisotopic (exact) mass is 422 g/mol. The number of hydrogen-bond donors (Lipinski definition) is 3. The van der Waals surface area contributed by atoms with Crippen molar-refractivity contribution in [2.45, 2.75) is 32.2 Å². The van der Waals surface area contributed by atoms with Crippen LogP contribution in [0.15, 0.2) is 24.3 Å². The van der Waals surface area contributed by atoms with Gasteiger partial charge in [-0.1, -0.05) is 6.92 Å². The van der Waals surface area contributed by atoms with E-state index in [1.807, 2.05) is 30.5 Å². The van der Waals surface area contributed by atoms with E-state index in [0.29, 0.717) is 17.9 Å². The number of hydrogen-bond acceptors (Lipinski definition) is 6. The van der Waals surface area contributed by atoms with E-state index in [1.165, 1.54) is 24.6 Å². The second kappa shape index (κ2) is 11.5. The van der Waals surface area contributed by atoms with Crippen LogP contribution in [0.1, 0.15) is 26.2 Å². The van der Waals surface area contributed by atoms with Gasteiger partial charge >= 0.3 is 12.0 Å². The summed E-state index contributed by atoms with van der Waals surface area (Å²) in [6.07, 6.45) is 4.64. The van der Waals surface area contributed by atoms with Gasteiger partial charge in [0.1, 0.15) is 6.04 Å². The fourth-order valence-electron chi connectivity index (χ4n) is 3.11. The topological polar surface area (TPSA) is 114 Å². The van der Waals surface area contributed by atoms with E-state index in [9.17, 15) is 14.4 Å². The zero-order valence-electron chi connectivity index (χ0n) is 17.0. The molecule has 4 N–H and O–H groups in total. The van der Waals surface area contributed by atoms with Crippen molar-refractivity contribution in [3.8, 4) is 0 Å². The van der Waals surface area contributed by atoms with Crippen LogP contribution >= 0.6 is 11.8 Å². The van der Waals surface area contributed by atoms with Crippen molar-refractivity contribution in [2.75, 3.05) is 41.9 Å². The maximum absolute atomic E-state index is 12.1. The number of esters is 1. The van der Waals surface area contributed by atoms with E-state index in [0.717, 1.165) is 24.7 Å². The summed E-state index contributed by atoms with van der Waals surface area (Å²) in [4.78, 5) is 37.5. The molecule has 0 aliphatic carbocycles. The van der Waals surface area contributed by atoms with Crippen LogP contribution < -0.4 is 21.3 Å². The summed E-state index contributed by atoms with van der Waals surface area (Å²) >= 11 is 1.53. The summed E-state index contributed by atoms with van der Waals surface area (Å²) in [5.74, 6) is 0.295. The molecule has 0 unspecified atom stereocenters. The number of carbonyl (C=O) groups excluding carboxylic acids is 3. The van der Waals surface area contributed by atoms with E-state index in [4.69, 9.17) is 10.5 Å². The highest BCUT2D eigenvalue weighted by Crippen LogP contribution is 2.24. The van der Waals surface area contributed by atoms with Crippen LogP contribution in [0, 0.1) is 5.92 Å². The summed E-state index contributed by atoms with van der Waals surface area (Å²) in [5, 5.41) is 5.05. The molecule has 1 fully saturated rings. The molecule has 0 spiro atoms. The van der Waals surface area contributed by atoms with Gasteiger partial charge in [-0.25, -0.2) is 9.59 Å². The molecule has 1 heterocycles. The van der Waals surface area contributed by atoms with Gasteiger partial charge in [-0.05, 0) is 61.5 Å². The molecule has 0 aromatic heterocycles. The number of nitrogens with two attached hydrogens (primary N) is 1. The Morgan fingerprint density at radius 3 is 2.48 bits per heavy atom. The van der Waals surface area contributed by atoms with Crippen LogP contribution in [-0.4, -0.2) is 55.7 Å².